The number of benzene rings is 1. The molecule has 0 unspecified atom stereocenters. The Morgan fingerprint density at radius 3 is 2.89 bits per heavy atom. The molecule has 100 valence electrons. The Morgan fingerprint density at radius 1 is 1.42 bits per heavy atom. The molecular weight excluding hydrogens is 274 g/mol. The van der Waals surface area contributed by atoms with Crippen molar-refractivity contribution >= 4 is 23.4 Å². The van der Waals surface area contributed by atoms with E-state index in [1.807, 2.05) is 0 Å². The summed E-state index contributed by atoms with van der Waals surface area (Å²) in [5.41, 5.74) is 0.359. The van der Waals surface area contributed by atoms with E-state index in [0.29, 0.717) is 22.3 Å². The number of para-hydroxylation sites is 1. The lowest BCUT2D eigenvalue weighted by Gasteiger charge is -2.10. The van der Waals surface area contributed by atoms with Gasteiger partial charge in [-0.2, -0.15) is 13.9 Å². The summed E-state index contributed by atoms with van der Waals surface area (Å²) in [6, 6.07) is 6.41. The van der Waals surface area contributed by atoms with Crippen LogP contribution in [0.15, 0.2) is 41.8 Å². The third kappa shape index (κ3) is 4.02. The van der Waals surface area contributed by atoms with Gasteiger partial charge in [-0.1, -0.05) is 23.9 Å². The number of anilines is 1. The molecule has 0 radical (unpaired) electrons. The van der Waals surface area contributed by atoms with E-state index in [1.54, 1.807) is 18.2 Å². The van der Waals surface area contributed by atoms with Crippen molar-refractivity contribution in [2.75, 3.05) is 5.32 Å². The summed E-state index contributed by atoms with van der Waals surface area (Å²) < 4.78 is 26.1. The molecule has 0 saturated carbocycles. The van der Waals surface area contributed by atoms with Gasteiger partial charge in [-0.15, -0.1) is 0 Å². The quantitative estimate of drug-likeness (QED) is 0.855. The van der Waals surface area contributed by atoms with Gasteiger partial charge in [0.15, 0.2) is 0 Å². The summed E-state index contributed by atoms with van der Waals surface area (Å²) >= 11 is 0.392. The van der Waals surface area contributed by atoms with E-state index >= 15 is 0 Å². The van der Waals surface area contributed by atoms with Crippen LogP contribution in [-0.4, -0.2) is 26.4 Å². The van der Waals surface area contributed by atoms with Gasteiger partial charge >= 0.3 is 0 Å². The van der Waals surface area contributed by atoms with E-state index in [4.69, 9.17) is 0 Å². The molecule has 1 aromatic heterocycles. The molecule has 1 amide bonds. The second-order valence-electron chi connectivity index (χ2n) is 3.52. The SMILES string of the molecule is O=C(Cn1cncn1)Nc1ccccc1SC(F)F. The van der Waals surface area contributed by atoms with Gasteiger partial charge in [0.25, 0.3) is 5.76 Å². The number of halogens is 2. The Hall–Kier alpha value is -1.96. The van der Waals surface area contributed by atoms with E-state index in [9.17, 15) is 13.6 Å². The van der Waals surface area contributed by atoms with Crippen molar-refractivity contribution in [1.29, 1.82) is 0 Å². The molecule has 0 aliphatic carbocycles. The summed E-state index contributed by atoms with van der Waals surface area (Å²) in [7, 11) is 0. The summed E-state index contributed by atoms with van der Waals surface area (Å²) in [5.74, 6) is -2.89. The molecule has 5 nitrogen and oxygen atoms in total. The lowest BCUT2D eigenvalue weighted by Crippen LogP contribution is -2.19. The predicted molar refractivity (Wildman–Crippen MR) is 67.0 cm³/mol. The molecule has 0 atom stereocenters. The van der Waals surface area contributed by atoms with Crippen LogP contribution in [0.3, 0.4) is 0 Å². The van der Waals surface area contributed by atoms with Gasteiger partial charge in [-0.3, -0.25) is 4.79 Å². The highest BCUT2D eigenvalue weighted by atomic mass is 32.2. The molecule has 8 heteroatoms. The molecule has 2 aromatic rings. The molecule has 0 bridgehead atoms. The first-order valence-electron chi connectivity index (χ1n) is 5.31. The van der Waals surface area contributed by atoms with Gasteiger partial charge in [-0.25, -0.2) is 9.67 Å². The maximum absolute atomic E-state index is 12.4. The van der Waals surface area contributed by atoms with Crippen molar-refractivity contribution < 1.29 is 13.6 Å². The van der Waals surface area contributed by atoms with Gasteiger partial charge in [-0.05, 0) is 12.1 Å². The first kappa shape index (κ1) is 13.5. The molecule has 1 aromatic carbocycles. The fourth-order valence-electron chi connectivity index (χ4n) is 1.42. The molecule has 2 rings (SSSR count). The van der Waals surface area contributed by atoms with Crippen molar-refractivity contribution in [2.45, 2.75) is 17.2 Å². The number of nitrogens with zero attached hydrogens (tertiary/aromatic N) is 3. The molecule has 1 heterocycles. The van der Waals surface area contributed by atoms with Crippen molar-refractivity contribution in [2.24, 2.45) is 0 Å². The first-order chi connectivity index (χ1) is 9.15. The average molecular weight is 284 g/mol. The lowest BCUT2D eigenvalue weighted by atomic mass is 10.3. The number of rotatable bonds is 5. The fraction of sp³-hybridized carbons (Fsp3) is 0.182. The number of aromatic nitrogens is 3. The molecule has 1 N–H and O–H groups in total. The van der Waals surface area contributed by atoms with Gasteiger partial charge < -0.3 is 5.32 Å². The van der Waals surface area contributed by atoms with Gasteiger partial charge in [0.1, 0.15) is 19.2 Å². The minimum Gasteiger partial charge on any atom is -0.323 e. The van der Waals surface area contributed by atoms with Crippen LogP contribution in [-0.2, 0) is 11.3 Å². The van der Waals surface area contributed by atoms with Crippen LogP contribution in [0.2, 0.25) is 0 Å². The van der Waals surface area contributed by atoms with Crippen molar-refractivity contribution in [3.05, 3.63) is 36.9 Å². The zero-order valence-electron chi connectivity index (χ0n) is 9.66. The Morgan fingerprint density at radius 2 is 2.21 bits per heavy atom. The first-order valence-corrected chi connectivity index (χ1v) is 6.19. The van der Waals surface area contributed by atoms with Crippen LogP contribution in [0.5, 0.6) is 0 Å². The molecule has 0 aliphatic heterocycles. The number of hydrogen-bond acceptors (Lipinski definition) is 4. The van der Waals surface area contributed by atoms with Crippen LogP contribution in [0.4, 0.5) is 14.5 Å². The van der Waals surface area contributed by atoms with Gasteiger partial charge in [0.2, 0.25) is 5.91 Å². The normalized spacial score (nSPS) is 10.7. The summed E-state index contributed by atoms with van der Waals surface area (Å²) in [5, 5.41) is 6.36. The van der Waals surface area contributed by atoms with E-state index < -0.39 is 5.76 Å². The van der Waals surface area contributed by atoms with Gasteiger partial charge in [0.05, 0.1) is 5.69 Å². The Bertz CT molecular complexity index is 547. The number of carbonyl (C=O) groups is 1. The standard InChI is InChI=1S/C11H10F2N4OS/c12-11(13)19-9-4-2-1-3-8(9)16-10(18)5-17-7-14-6-15-17/h1-4,6-7,11H,5H2,(H,16,18). The van der Waals surface area contributed by atoms with Crippen LogP contribution in [0.1, 0.15) is 0 Å². The summed E-state index contributed by atoms with van der Waals surface area (Å²) in [6.07, 6.45) is 2.72. The molecule has 19 heavy (non-hydrogen) atoms. The second kappa shape index (κ2) is 6.28. The van der Waals surface area contributed by atoms with Crippen molar-refractivity contribution in [3.8, 4) is 0 Å². The zero-order chi connectivity index (χ0) is 13.7. The predicted octanol–water partition coefficient (Wildman–Crippen LogP) is 2.23. The highest BCUT2D eigenvalue weighted by Gasteiger charge is 2.12. The van der Waals surface area contributed by atoms with Crippen LogP contribution < -0.4 is 5.32 Å². The maximum Gasteiger partial charge on any atom is 0.288 e. The highest BCUT2D eigenvalue weighted by Crippen LogP contribution is 2.31. The molecule has 0 aliphatic rings. The molecular formula is C11H10F2N4OS. The minimum absolute atomic E-state index is 0.0202. The largest absolute Gasteiger partial charge is 0.323 e. The van der Waals surface area contributed by atoms with E-state index in [1.165, 1.54) is 23.4 Å². The van der Waals surface area contributed by atoms with Crippen LogP contribution >= 0.6 is 11.8 Å². The maximum atomic E-state index is 12.4. The third-order valence-electron chi connectivity index (χ3n) is 2.15. The highest BCUT2D eigenvalue weighted by molar-refractivity contribution is 7.99. The Balaban J connectivity index is 2.04. The molecule has 0 fully saturated rings. The fourth-order valence-corrected chi connectivity index (χ4v) is 2.02. The van der Waals surface area contributed by atoms with Crippen LogP contribution in [0, 0.1) is 0 Å². The number of thioether (sulfide) groups is 1. The topological polar surface area (TPSA) is 59.8 Å². The summed E-state index contributed by atoms with van der Waals surface area (Å²) in [6.45, 7) is -0.0202. The van der Waals surface area contributed by atoms with E-state index in [-0.39, 0.29) is 12.5 Å². The number of amides is 1. The van der Waals surface area contributed by atoms with Crippen LogP contribution in [0.25, 0.3) is 0 Å². The number of nitrogens with one attached hydrogen (secondary N) is 1. The monoisotopic (exact) mass is 284 g/mol. The Kier molecular flexibility index (Phi) is 4.45. The number of alkyl halides is 2. The van der Waals surface area contributed by atoms with E-state index in [0.717, 1.165) is 0 Å². The second-order valence-corrected chi connectivity index (χ2v) is 4.55. The van der Waals surface area contributed by atoms with E-state index in [2.05, 4.69) is 15.4 Å². The van der Waals surface area contributed by atoms with Gasteiger partial charge in [0, 0.05) is 4.90 Å². The van der Waals surface area contributed by atoms with Crippen molar-refractivity contribution in [3.63, 3.8) is 0 Å². The average Bonchev–Trinajstić information content (AvgIpc) is 2.83. The molecule has 0 saturated heterocycles. The Labute approximate surface area is 112 Å². The third-order valence-corrected chi connectivity index (χ3v) is 2.94. The zero-order valence-corrected chi connectivity index (χ0v) is 10.5. The van der Waals surface area contributed by atoms with Crippen molar-refractivity contribution in [1.82, 2.24) is 14.8 Å². The number of carbonyl (C=O) groups excluding carboxylic acids is 1. The number of hydrogen-bond donors (Lipinski definition) is 1. The smallest absolute Gasteiger partial charge is 0.288 e. The lowest BCUT2D eigenvalue weighted by molar-refractivity contribution is -0.116. The summed E-state index contributed by atoms with van der Waals surface area (Å²) in [4.78, 5) is 15.8. The molecule has 0 spiro atoms. The minimum atomic E-state index is -2.53.